The molecule has 0 bridgehead atoms. The molecule has 0 saturated heterocycles. The SMILES string of the molecule is NC1CCCC(C(=O)Nc2ccccc2S(N)(=O)=O)C1. The Labute approximate surface area is 118 Å². The molecule has 5 N–H and O–H groups in total. The van der Waals surface area contributed by atoms with Crippen molar-refractivity contribution in [2.24, 2.45) is 16.8 Å². The lowest BCUT2D eigenvalue weighted by atomic mass is 9.85. The molecule has 0 heterocycles. The van der Waals surface area contributed by atoms with E-state index in [1.54, 1.807) is 12.1 Å². The monoisotopic (exact) mass is 297 g/mol. The van der Waals surface area contributed by atoms with E-state index in [1.807, 2.05) is 0 Å². The zero-order chi connectivity index (χ0) is 14.8. The Morgan fingerprint density at radius 1 is 1.25 bits per heavy atom. The van der Waals surface area contributed by atoms with Crippen LogP contribution >= 0.6 is 0 Å². The summed E-state index contributed by atoms with van der Waals surface area (Å²) < 4.78 is 22.9. The lowest BCUT2D eigenvalue weighted by Gasteiger charge is -2.25. The summed E-state index contributed by atoms with van der Waals surface area (Å²) in [7, 11) is -3.86. The summed E-state index contributed by atoms with van der Waals surface area (Å²) in [6, 6.07) is 6.15. The van der Waals surface area contributed by atoms with Gasteiger partial charge in [-0.05, 0) is 31.4 Å². The molecular formula is C13H19N3O3S. The highest BCUT2D eigenvalue weighted by Gasteiger charge is 2.26. The minimum absolute atomic E-state index is 0.0352. The molecular weight excluding hydrogens is 278 g/mol. The third-order valence-corrected chi connectivity index (χ3v) is 4.51. The predicted octanol–water partition coefficient (Wildman–Crippen LogP) is 0.790. The van der Waals surface area contributed by atoms with E-state index in [1.165, 1.54) is 12.1 Å². The minimum Gasteiger partial charge on any atom is -0.328 e. The van der Waals surface area contributed by atoms with Gasteiger partial charge in [0.05, 0.1) is 5.69 Å². The van der Waals surface area contributed by atoms with Crippen molar-refractivity contribution in [3.63, 3.8) is 0 Å². The molecule has 0 radical (unpaired) electrons. The molecule has 2 rings (SSSR count). The maximum Gasteiger partial charge on any atom is 0.240 e. The first-order chi connectivity index (χ1) is 9.38. The van der Waals surface area contributed by atoms with E-state index in [-0.39, 0.29) is 28.4 Å². The summed E-state index contributed by atoms with van der Waals surface area (Å²) in [5.74, 6) is -0.372. The van der Waals surface area contributed by atoms with Crippen LogP contribution in [0.15, 0.2) is 29.2 Å². The largest absolute Gasteiger partial charge is 0.328 e. The summed E-state index contributed by atoms with van der Waals surface area (Å²) in [4.78, 5) is 12.1. The number of rotatable bonds is 3. The first-order valence-corrected chi connectivity index (χ1v) is 8.11. The molecule has 1 aromatic carbocycles. The second-order valence-electron chi connectivity index (χ2n) is 5.15. The molecule has 1 aromatic rings. The van der Waals surface area contributed by atoms with E-state index in [0.29, 0.717) is 6.42 Å². The predicted molar refractivity (Wildman–Crippen MR) is 76.4 cm³/mol. The van der Waals surface area contributed by atoms with Crippen molar-refractivity contribution in [2.75, 3.05) is 5.32 Å². The van der Waals surface area contributed by atoms with Crippen LogP contribution in [-0.4, -0.2) is 20.4 Å². The van der Waals surface area contributed by atoms with Crippen LogP contribution in [-0.2, 0) is 14.8 Å². The fourth-order valence-corrected chi connectivity index (χ4v) is 3.21. The standard InChI is InChI=1S/C13H19N3O3S/c14-10-5-3-4-9(8-10)13(17)16-11-6-1-2-7-12(11)20(15,18)19/h1-2,6-7,9-10H,3-5,8,14H2,(H,16,17)(H2,15,18,19). The van der Waals surface area contributed by atoms with E-state index < -0.39 is 10.0 Å². The molecule has 2 atom stereocenters. The van der Waals surface area contributed by atoms with Gasteiger partial charge < -0.3 is 11.1 Å². The molecule has 0 aromatic heterocycles. The van der Waals surface area contributed by atoms with Gasteiger partial charge in [-0.1, -0.05) is 18.6 Å². The third kappa shape index (κ3) is 3.56. The van der Waals surface area contributed by atoms with Crippen molar-refractivity contribution in [1.82, 2.24) is 0 Å². The number of para-hydroxylation sites is 1. The van der Waals surface area contributed by atoms with Gasteiger partial charge in [0.15, 0.2) is 0 Å². The number of hydrogen-bond acceptors (Lipinski definition) is 4. The molecule has 2 unspecified atom stereocenters. The highest BCUT2D eigenvalue weighted by atomic mass is 32.2. The van der Waals surface area contributed by atoms with Crippen LogP contribution in [0.1, 0.15) is 25.7 Å². The lowest BCUT2D eigenvalue weighted by molar-refractivity contribution is -0.120. The fourth-order valence-electron chi connectivity index (χ4n) is 2.52. The lowest BCUT2D eigenvalue weighted by Crippen LogP contribution is -2.34. The smallest absolute Gasteiger partial charge is 0.240 e. The molecule has 0 spiro atoms. The molecule has 1 aliphatic rings. The molecule has 7 heteroatoms. The minimum atomic E-state index is -3.86. The van der Waals surface area contributed by atoms with E-state index in [9.17, 15) is 13.2 Å². The summed E-state index contributed by atoms with van der Waals surface area (Å²) in [6.07, 6.45) is 3.24. The Morgan fingerprint density at radius 2 is 1.95 bits per heavy atom. The van der Waals surface area contributed by atoms with Crippen molar-refractivity contribution < 1.29 is 13.2 Å². The highest BCUT2D eigenvalue weighted by Crippen LogP contribution is 2.26. The average Bonchev–Trinajstić information content (AvgIpc) is 2.38. The van der Waals surface area contributed by atoms with Gasteiger partial charge >= 0.3 is 0 Å². The van der Waals surface area contributed by atoms with Gasteiger partial charge in [-0.25, -0.2) is 13.6 Å². The van der Waals surface area contributed by atoms with E-state index >= 15 is 0 Å². The van der Waals surface area contributed by atoms with Gasteiger partial charge in [-0.3, -0.25) is 4.79 Å². The number of primary sulfonamides is 1. The number of nitrogens with one attached hydrogen (secondary N) is 1. The van der Waals surface area contributed by atoms with E-state index in [2.05, 4.69) is 5.32 Å². The van der Waals surface area contributed by atoms with Crippen molar-refractivity contribution in [3.8, 4) is 0 Å². The summed E-state index contributed by atoms with van der Waals surface area (Å²) in [5.41, 5.74) is 6.08. The van der Waals surface area contributed by atoms with Crippen molar-refractivity contribution in [1.29, 1.82) is 0 Å². The molecule has 6 nitrogen and oxygen atoms in total. The number of hydrogen-bond donors (Lipinski definition) is 3. The summed E-state index contributed by atoms with van der Waals surface area (Å²) in [5, 5.41) is 7.79. The van der Waals surface area contributed by atoms with E-state index in [0.717, 1.165) is 19.3 Å². The molecule has 1 saturated carbocycles. The Hall–Kier alpha value is -1.44. The first kappa shape index (κ1) is 15.0. The average molecular weight is 297 g/mol. The Morgan fingerprint density at radius 3 is 2.60 bits per heavy atom. The molecule has 1 aliphatic carbocycles. The maximum atomic E-state index is 12.2. The number of anilines is 1. The molecule has 1 fully saturated rings. The second kappa shape index (κ2) is 5.90. The van der Waals surface area contributed by atoms with Gasteiger partial charge in [0, 0.05) is 12.0 Å². The number of amides is 1. The van der Waals surface area contributed by atoms with Crippen molar-refractivity contribution >= 4 is 21.6 Å². The Bertz CT molecular complexity index is 601. The highest BCUT2D eigenvalue weighted by molar-refractivity contribution is 7.89. The number of benzene rings is 1. The van der Waals surface area contributed by atoms with Crippen LogP contribution in [0.5, 0.6) is 0 Å². The van der Waals surface area contributed by atoms with E-state index in [4.69, 9.17) is 10.9 Å². The summed E-state index contributed by atoms with van der Waals surface area (Å²) in [6.45, 7) is 0. The molecule has 20 heavy (non-hydrogen) atoms. The van der Waals surface area contributed by atoms with Gasteiger partial charge in [0.25, 0.3) is 0 Å². The molecule has 1 amide bonds. The van der Waals surface area contributed by atoms with Crippen molar-refractivity contribution in [3.05, 3.63) is 24.3 Å². The van der Waals surface area contributed by atoms with Gasteiger partial charge in [-0.15, -0.1) is 0 Å². The summed E-state index contributed by atoms with van der Waals surface area (Å²) >= 11 is 0. The zero-order valence-corrected chi connectivity index (χ0v) is 11.9. The molecule has 0 aliphatic heterocycles. The van der Waals surface area contributed by atoms with Crippen LogP contribution in [0.3, 0.4) is 0 Å². The van der Waals surface area contributed by atoms with Crippen LogP contribution in [0.25, 0.3) is 0 Å². The topological polar surface area (TPSA) is 115 Å². The number of sulfonamides is 1. The molecule has 110 valence electrons. The van der Waals surface area contributed by atoms with Crippen LogP contribution in [0, 0.1) is 5.92 Å². The second-order valence-corrected chi connectivity index (χ2v) is 6.68. The number of carbonyl (C=O) groups excluding carboxylic acids is 1. The van der Waals surface area contributed by atoms with Gasteiger partial charge in [-0.2, -0.15) is 0 Å². The van der Waals surface area contributed by atoms with Crippen LogP contribution < -0.4 is 16.2 Å². The Balaban J connectivity index is 2.16. The first-order valence-electron chi connectivity index (χ1n) is 6.56. The van der Waals surface area contributed by atoms with Crippen molar-refractivity contribution in [2.45, 2.75) is 36.6 Å². The van der Waals surface area contributed by atoms with Gasteiger partial charge in [0.1, 0.15) is 4.90 Å². The third-order valence-electron chi connectivity index (χ3n) is 3.54. The zero-order valence-electron chi connectivity index (χ0n) is 11.1. The normalized spacial score (nSPS) is 23.3. The Kier molecular flexibility index (Phi) is 4.42. The van der Waals surface area contributed by atoms with Crippen LogP contribution in [0.2, 0.25) is 0 Å². The van der Waals surface area contributed by atoms with Gasteiger partial charge in [0.2, 0.25) is 15.9 Å². The maximum absolute atomic E-state index is 12.2. The fraction of sp³-hybridized carbons (Fsp3) is 0.462. The number of carbonyl (C=O) groups is 1. The number of nitrogens with two attached hydrogens (primary N) is 2. The quantitative estimate of drug-likeness (QED) is 0.765. The van der Waals surface area contributed by atoms with Crippen LogP contribution in [0.4, 0.5) is 5.69 Å².